The first-order valence-electron chi connectivity index (χ1n) is 12.6. The number of aromatic carboxylic acids is 1. The topological polar surface area (TPSA) is 153 Å². The molecule has 0 saturated carbocycles. The van der Waals surface area contributed by atoms with Crippen LogP contribution in [0.1, 0.15) is 47.2 Å². The summed E-state index contributed by atoms with van der Waals surface area (Å²) < 4.78 is 13.1. The van der Waals surface area contributed by atoms with Gasteiger partial charge in [-0.1, -0.05) is 6.07 Å². The number of hydrogen-bond donors (Lipinski definition) is 2. The number of nitrogens with two attached hydrogens (primary N) is 1. The number of amides is 2. The smallest absolute Gasteiger partial charge is 0.410 e. The summed E-state index contributed by atoms with van der Waals surface area (Å²) in [5.74, 6) is -1.12. The standard InChI is InChI=1S/C27H30N6O6S/c1-14-10-15-12-17(40-22(15)16(11-14)38-5)18-19(25(35)36)21(33-20(18)23(28)29-13-30-33)24(34)31-6-8-32(9-7-31)26(37)39-27(2,3)4/h10-13H,6-9H2,1-5H3,(H,35,36)(H2,28,29,30). The first kappa shape index (κ1) is 27.2. The molecule has 1 aliphatic heterocycles. The number of methoxy groups -OCH3 is 1. The molecule has 2 amide bonds. The number of carbonyl (C=O) groups is 3. The fraction of sp³-hybridized carbons (Fsp3) is 0.370. The number of aromatic nitrogens is 3. The Labute approximate surface area is 233 Å². The van der Waals surface area contributed by atoms with Gasteiger partial charge in [0.2, 0.25) is 0 Å². The number of rotatable bonds is 4. The predicted molar refractivity (Wildman–Crippen MR) is 150 cm³/mol. The van der Waals surface area contributed by atoms with Crippen molar-refractivity contribution in [3.8, 4) is 16.2 Å². The summed E-state index contributed by atoms with van der Waals surface area (Å²) in [6.07, 6.45) is 0.726. The number of nitrogens with zero attached hydrogens (tertiary/aromatic N) is 5. The second-order valence-electron chi connectivity index (χ2n) is 10.6. The average Bonchev–Trinajstić information content (AvgIpc) is 3.46. The van der Waals surface area contributed by atoms with E-state index in [2.05, 4.69) is 10.1 Å². The number of hydrogen-bond acceptors (Lipinski definition) is 9. The van der Waals surface area contributed by atoms with Crippen molar-refractivity contribution in [3.05, 3.63) is 41.3 Å². The van der Waals surface area contributed by atoms with Crippen molar-refractivity contribution in [2.75, 3.05) is 39.0 Å². The summed E-state index contributed by atoms with van der Waals surface area (Å²) in [4.78, 5) is 46.9. The highest BCUT2D eigenvalue weighted by atomic mass is 32.1. The molecule has 1 saturated heterocycles. The molecule has 4 heterocycles. The minimum Gasteiger partial charge on any atom is -0.495 e. The van der Waals surface area contributed by atoms with Crippen LogP contribution in [0, 0.1) is 6.92 Å². The number of carbonyl (C=O) groups excluding carboxylic acids is 2. The maximum Gasteiger partial charge on any atom is 0.410 e. The number of fused-ring (bicyclic) bond motifs is 2. The van der Waals surface area contributed by atoms with Gasteiger partial charge in [-0.25, -0.2) is 19.1 Å². The zero-order valence-corrected chi connectivity index (χ0v) is 23.7. The van der Waals surface area contributed by atoms with Crippen molar-refractivity contribution in [2.45, 2.75) is 33.3 Å². The molecule has 3 N–H and O–H groups in total. The third-order valence-electron chi connectivity index (χ3n) is 6.58. The summed E-state index contributed by atoms with van der Waals surface area (Å²) >= 11 is 1.34. The molecule has 0 unspecified atom stereocenters. The van der Waals surface area contributed by atoms with Crippen LogP contribution in [0.3, 0.4) is 0 Å². The van der Waals surface area contributed by atoms with Gasteiger partial charge in [0.25, 0.3) is 5.91 Å². The Kier molecular flexibility index (Phi) is 6.78. The predicted octanol–water partition coefficient (Wildman–Crippen LogP) is 3.90. The molecule has 0 bridgehead atoms. The SMILES string of the molecule is COc1cc(C)cc2cc(-c3c(C(=O)O)c(C(=O)N4CCN(C(=O)OC(C)(C)C)CC4)n4ncnc(N)c34)sc12. The van der Waals surface area contributed by atoms with Crippen LogP contribution in [0.2, 0.25) is 0 Å². The van der Waals surface area contributed by atoms with E-state index in [9.17, 15) is 19.5 Å². The third kappa shape index (κ3) is 4.76. The lowest BCUT2D eigenvalue weighted by molar-refractivity contribution is 0.0139. The molecule has 0 atom stereocenters. The van der Waals surface area contributed by atoms with Gasteiger partial charge in [0, 0.05) is 36.6 Å². The number of ether oxygens (including phenoxy) is 2. The van der Waals surface area contributed by atoms with Crippen molar-refractivity contribution >= 4 is 50.7 Å². The van der Waals surface area contributed by atoms with Crippen LogP contribution in [0.15, 0.2) is 24.5 Å². The van der Waals surface area contributed by atoms with Gasteiger partial charge in [-0.2, -0.15) is 5.10 Å². The van der Waals surface area contributed by atoms with Crippen LogP contribution >= 0.6 is 11.3 Å². The van der Waals surface area contributed by atoms with Gasteiger partial charge in [-0.05, 0) is 50.8 Å². The summed E-state index contributed by atoms with van der Waals surface area (Å²) in [5, 5.41) is 15.5. The lowest BCUT2D eigenvalue weighted by atomic mass is 10.1. The Morgan fingerprint density at radius 3 is 2.38 bits per heavy atom. The highest BCUT2D eigenvalue weighted by molar-refractivity contribution is 7.22. The highest BCUT2D eigenvalue weighted by Crippen LogP contribution is 2.44. The Bertz CT molecular complexity index is 1660. The largest absolute Gasteiger partial charge is 0.495 e. The maximum atomic E-state index is 13.9. The van der Waals surface area contributed by atoms with Gasteiger partial charge in [0.1, 0.15) is 34.5 Å². The fourth-order valence-electron chi connectivity index (χ4n) is 4.87. The Morgan fingerprint density at radius 2 is 1.75 bits per heavy atom. The van der Waals surface area contributed by atoms with Crippen LogP contribution in [0.25, 0.3) is 26.0 Å². The number of anilines is 1. The molecule has 0 spiro atoms. The average molecular weight is 567 g/mol. The van der Waals surface area contributed by atoms with Gasteiger partial charge in [0.15, 0.2) is 5.82 Å². The van der Waals surface area contributed by atoms with E-state index >= 15 is 0 Å². The van der Waals surface area contributed by atoms with Crippen molar-refractivity contribution in [3.63, 3.8) is 0 Å². The van der Waals surface area contributed by atoms with Gasteiger partial charge in [-0.3, -0.25) is 4.79 Å². The monoisotopic (exact) mass is 566 g/mol. The second-order valence-corrected chi connectivity index (χ2v) is 11.6. The molecule has 40 heavy (non-hydrogen) atoms. The first-order valence-corrected chi connectivity index (χ1v) is 13.5. The number of piperazine rings is 1. The van der Waals surface area contributed by atoms with Gasteiger partial charge >= 0.3 is 12.1 Å². The van der Waals surface area contributed by atoms with Crippen LogP contribution in [0.4, 0.5) is 10.6 Å². The molecule has 0 radical (unpaired) electrons. The van der Waals surface area contributed by atoms with Gasteiger partial charge in [0.05, 0.1) is 11.8 Å². The van der Waals surface area contributed by atoms with E-state index in [1.165, 1.54) is 32.0 Å². The number of carboxylic acids is 1. The number of thiophene rings is 1. The van der Waals surface area contributed by atoms with Crippen LogP contribution < -0.4 is 10.5 Å². The number of aryl methyl sites for hydroxylation is 1. The Hall–Kier alpha value is -4.39. The Balaban J connectivity index is 1.59. The quantitative estimate of drug-likeness (QED) is 0.374. The van der Waals surface area contributed by atoms with Crippen molar-refractivity contribution in [1.82, 2.24) is 24.4 Å². The molecule has 13 heteroatoms. The maximum absolute atomic E-state index is 13.9. The molecule has 1 aromatic carbocycles. The van der Waals surface area contributed by atoms with E-state index in [-0.39, 0.29) is 54.3 Å². The number of carboxylic acid groups (broad SMARTS) is 1. The fourth-order valence-corrected chi connectivity index (χ4v) is 6.05. The van der Waals surface area contributed by atoms with Crippen molar-refractivity contribution < 1.29 is 29.0 Å². The molecule has 1 aliphatic rings. The van der Waals surface area contributed by atoms with E-state index < -0.39 is 23.6 Å². The summed E-state index contributed by atoms with van der Waals surface area (Å²) in [6, 6.07) is 5.74. The molecular formula is C27H30N6O6S. The van der Waals surface area contributed by atoms with Crippen molar-refractivity contribution in [2.24, 2.45) is 0 Å². The third-order valence-corrected chi connectivity index (χ3v) is 7.76. The minimum absolute atomic E-state index is 0.0434. The number of benzene rings is 1. The number of nitrogen functional groups attached to an aromatic ring is 1. The summed E-state index contributed by atoms with van der Waals surface area (Å²) in [7, 11) is 1.58. The normalized spacial score (nSPS) is 14.1. The minimum atomic E-state index is -1.30. The molecule has 12 nitrogen and oxygen atoms in total. The van der Waals surface area contributed by atoms with E-state index in [0.29, 0.717) is 10.6 Å². The highest BCUT2D eigenvalue weighted by Gasteiger charge is 2.36. The van der Waals surface area contributed by atoms with E-state index in [0.717, 1.165) is 15.6 Å². The van der Waals surface area contributed by atoms with Crippen LogP contribution in [0.5, 0.6) is 5.75 Å². The lowest BCUT2D eigenvalue weighted by Crippen LogP contribution is -2.52. The lowest BCUT2D eigenvalue weighted by Gasteiger charge is -2.35. The zero-order valence-electron chi connectivity index (χ0n) is 22.8. The van der Waals surface area contributed by atoms with Crippen molar-refractivity contribution in [1.29, 1.82) is 0 Å². The van der Waals surface area contributed by atoms with Crippen LogP contribution in [-0.2, 0) is 4.74 Å². The second kappa shape index (κ2) is 9.97. The van der Waals surface area contributed by atoms with E-state index in [1.54, 1.807) is 27.9 Å². The zero-order chi connectivity index (χ0) is 28.9. The van der Waals surface area contributed by atoms with Gasteiger partial charge in [-0.15, -0.1) is 11.3 Å². The first-order chi connectivity index (χ1) is 18.9. The molecule has 210 valence electrons. The van der Waals surface area contributed by atoms with E-state index in [1.807, 2.05) is 25.1 Å². The molecule has 3 aromatic heterocycles. The Morgan fingerprint density at radius 1 is 1.07 bits per heavy atom. The summed E-state index contributed by atoms with van der Waals surface area (Å²) in [5.41, 5.74) is 6.77. The van der Waals surface area contributed by atoms with Crippen LogP contribution in [-0.4, -0.2) is 86.4 Å². The molecule has 4 aromatic rings. The van der Waals surface area contributed by atoms with Gasteiger partial charge < -0.3 is 30.1 Å². The molecular weight excluding hydrogens is 536 g/mol. The summed E-state index contributed by atoms with van der Waals surface area (Å²) in [6.45, 7) is 8.18. The molecule has 0 aliphatic carbocycles. The molecule has 5 rings (SSSR count). The molecule has 1 fully saturated rings. The van der Waals surface area contributed by atoms with E-state index in [4.69, 9.17) is 15.2 Å².